The van der Waals surface area contributed by atoms with Crippen LogP contribution in [0.1, 0.15) is 30.5 Å². The monoisotopic (exact) mass is 198 g/mol. The predicted molar refractivity (Wildman–Crippen MR) is 53.8 cm³/mol. The molecule has 5 heteroatoms. The maximum Gasteiger partial charge on any atom is 0.147 e. The van der Waals surface area contributed by atoms with Crippen molar-refractivity contribution in [2.45, 2.75) is 25.8 Å². The van der Waals surface area contributed by atoms with Crippen LogP contribution in [0, 0.1) is 6.92 Å². The summed E-state index contributed by atoms with van der Waals surface area (Å²) in [6.07, 6.45) is 1.82. The van der Waals surface area contributed by atoms with Crippen molar-refractivity contribution in [2.24, 2.45) is 12.8 Å². The SMILES string of the molecule is COCCCC(N)c1nc(C)nn1C. The lowest BCUT2D eigenvalue weighted by Crippen LogP contribution is -2.16. The van der Waals surface area contributed by atoms with E-state index in [-0.39, 0.29) is 6.04 Å². The summed E-state index contributed by atoms with van der Waals surface area (Å²) in [7, 11) is 3.56. The van der Waals surface area contributed by atoms with E-state index < -0.39 is 0 Å². The van der Waals surface area contributed by atoms with Crippen molar-refractivity contribution in [3.63, 3.8) is 0 Å². The van der Waals surface area contributed by atoms with Gasteiger partial charge in [-0.05, 0) is 19.8 Å². The molecule has 1 aromatic heterocycles. The van der Waals surface area contributed by atoms with Gasteiger partial charge in [0.15, 0.2) is 0 Å². The van der Waals surface area contributed by atoms with Crippen LogP contribution in [-0.4, -0.2) is 28.5 Å². The first-order valence-electron chi connectivity index (χ1n) is 4.77. The number of ether oxygens (including phenoxy) is 1. The average Bonchev–Trinajstić information content (AvgIpc) is 2.45. The second-order valence-electron chi connectivity index (χ2n) is 3.38. The van der Waals surface area contributed by atoms with Gasteiger partial charge >= 0.3 is 0 Å². The maximum absolute atomic E-state index is 5.97. The first kappa shape index (κ1) is 11.1. The number of nitrogens with two attached hydrogens (primary N) is 1. The Labute approximate surface area is 84.3 Å². The molecule has 0 aliphatic carbocycles. The summed E-state index contributed by atoms with van der Waals surface area (Å²) in [5, 5.41) is 4.15. The number of hydrogen-bond acceptors (Lipinski definition) is 4. The molecule has 2 N–H and O–H groups in total. The van der Waals surface area contributed by atoms with Crippen molar-refractivity contribution in [3.8, 4) is 0 Å². The summed E-state index contributed by atoms with van der Waals surface area (Å²) < 4.78 is 6.71. The van der Waals surface area contributed by atoms with Gasteiger partial charge in [0, 0.05) is 20.8 Å². The van der Waals surface area contributed by atoms with E-state index in [1.807, 2.05) is 14.0 Å². The number of methoxy groups -OCH3 is 1. The summed E-state index contributed by atoms with van der Waals surface area (Å²) in [5.41, 5.74) is 5.97. The second-order valence-corrected chi connectivity index (χ2v) is 3.38. The van der Waals surface area contributed by atoms with Crippen molar-refractivity contribution in [2.75, 3.05) is 13.7 Å². The van der Waals surface area contributed by atoms with Crippen molar-refractivity contribution in [1.29, 1.82) is 0 Å². The lowest BCUT2D eigenvalue weighted by atomic mass is 10.1. The Morgan fingerprint density at radius 1 is 1.57 bits per heavy atom. The van der Waals surface area contributed by atoms with Crippen LogP contribution in [0.2, 0.25) is 0 Å². The van der Waals surface area contributed by atoms with Crippen LogP contribution in [0.3, 0.4) is 0 Å². The Hall–Kier alpha value is -0.940. The smallest absolute Gasteiger partial charge is 0.147 e. The van der Waals surface area contributed by atoms with Crippen LogP contribution in [0.4, 0.5) is 0 Å². The molecular formula is C9H18N4O. The highest BCUT2D eigenvalue weighted by Crippen LogP contribution is 2.12. The average molecular weight is 198 g/mol. The van der Waals surface area contributed by atoms with Crippen LogP contribution >= 0.6 is 0 Å². The van der Waals surface area contributed by atoms with E-state index in [1.54, 1.807) is 11.8 Å². The molecule has 5 nitrogen and oxygen atoms in total. The van der Waals surface area contributed by atoms with Gasteiger partial charge in [-0.2, -0.15) is 5.10 Å². The van der Waals surface area contributed by atoms with E-state index in [4.69, 9.17) is 10.5 Å². The lowest BCUT2D eigenvalue weighted by Gasteiger charge is -2.09. The molecule has 0 saturated carbocycles. The molecule has 0 saturated heterocycles. The van der Waals surface area contributed by atoms with Crippen LogP contribution in [-0.2, 0) is 11.8 Å². The zero-order chi connectivity index (χ0) is 10.6. The summed E-state index contributed by atoms with van der Waals surface area (Å²) in [5.74, 6) is 1.61. The van der Waals surface area contributed by atoms with Gasteiger partial charge in [-0.3, -0.25) is 4.68 Å². The molecular weight excluding hydrogens is 180 g/mol. The van der Waals surface area contributed by atoms with E-state index in [9.17, 15) is 0 Å². The fourth-order valence-electron chi connectivity index (χ4n) is 1.43. The minimum Gasteiger partial charge on any atom is -0.385 e. The van der Waals surface area contributed by atoms with Gasteiger partial charge in [0.05, 0.1) is 6.04 Å². The fraction of sp³-hybridized carbons (Fsp3) is 0.778. The van der Waals surface area contributed by atoms with Crippen molar-refractivity contribution in [1.82, 2.24) is 14.8 Å². The number of aromatic nitrogens is 3. The Balaban J connectivity index is 2.51. The molecule has 0 radical (unpaired) electrons. The third-order valence-electron chi connectivity index (χ3n) is 2.10. The molecule has 0 aliphatic rings. The first-order valence-corrected chi connectivity index (χ1v) is 4.77. The Morgan fingerprint density at radius 3 is 2.79 bits per heavy atom. The fourth-order valence-corrected chi connectivity index (χ4v) is 1.43. The van der Waals surface area contributed by atoms with E-state index in [0.29, 0.717) is 0 Å². The molecule has 1 atom stereocenters. The Morgan fingerprint density at radius 2 is 2.29 bits per heavy atom. The standard InChI is InChI=1S/C9H18N4O/c1-7-11-9(13(2)12-7)8(10)5-4-6-14-3/h8H,4-6,10H2,1-3H3. The second kappa shape index (κ2) is 5.07. The number of rotatable bonds is 5. The van der Waals surface area contributed by atoms with Gasteiger partial charge in [-0.25, -0.2) is 4.98 Å². The molecule has 0 aromatic carbocycles. The molecule has 80 valence electrons. The Kier molecular flexibility index (Phi) is 4.03. The molecule has 0 spiro atoms. The highest BCUT2D eigenvalue weighted by atomic mass is 16.5. The quantitative estimate of drug-likeness (QED) is 0.702. The molecule has 1 rings (SSSR count). The van der Waals surface area contributed by atoms with Crippen LogP contribution in [0.15, 0.2) is 0 Å². The summed E-state index contributed by atoms with van der Waals surface area (Å²) in [4.78, 5) is 4.27. The molecule has 1 aromatic rings. The largest absolute Gasteiger partial charge is 0.385 e. The summed E-state index contributed by atoms with van der Waals surface area (Å²) in [6, 6.07) is -0.0450. The number of nitrogens with zero attached hydrogens (tertiary/aromatic N) is 3. The predicted octanol–water partition coefficient (Wildman–Crippen LogP) is 0.550. The van der Waals surface area contributed by atoms with Gasteiger partial charge in [0.25, 0.3) is 0 Å². The normalized spacial score (nSPS) is 13.1. The zero-order valence-corrected chi connectivity index (χ0v) is 9.03. The molecule has 14 heavy (non-hydrogen) atoms. The van der Waals surface area contributed by atoms with Crippen molar-refractivity contribution in [3.05, 3.63) is 11.6 Å². The minimum absolute atomic E-state index is 0.0450. The van der Waals surface area contributed by atoms with Gasteiger partial charge in [-0.1, -0.05) is 0 Å². The first-order chi connectivity index (χ1) is 6.65. The van der Waals surface area contributed by atoms with Gasteiger partial charge < -0.3 is 10.5 Å². The highest BCUT2D eigenvalue weighted by molar-refractivity contribution is 4.96. The highest BCUT2D eigenvalue weighted by Gasteiger charge is 2.12. The zero-order valence-electron chi connectivity index (χ0n) is 9.03. The summed E-state index contributed by atoms with van der Waals surface area (Å²) in [6.45, 7) is 2.61. The van der Waals surface area contributed by atoms with E-state index in [2.05, 4.69) is 10.1 Å². The van der Waals surface area contributed by atoms with Gasteiger partial charge in [0.1, 0.15) is 11.6 Å². The van der Waals surface area contributed by atoms with Crippen molar-refractivity contribution < 1.29 is 4.74 Å². The van der Waals surface area contributed by atoms with E-state index >= 15 is 0 Å². The lowest BCUT2D eigenvalue weighted by molar-refractivity contribution is 0.190. The minimum atomic E-state index is -0.0450. The maximum atomic E-state index is 5.97. The molecule has 0 bridgehead atoms. The summed E-state index contributed by atoms with van der Waals surface area (Å²) >= 11 is 0. The number of aryl methyl sites for hydroxylation is 2. The molecule has 1 unspecified atom stereocenters. The van der Waals surface area contributed by atoms with Gasteiger partial charge in [0.2, 0.25) is 0 Å². The third kappa shape index (κ3) is 2.78. The van der Waals surface area contributed by atoms with Crippen LogP contribution in [0.25, 0.3) is 0 Å². The van der Waals surface area contributed by atoms with Crippen LogP contribution in [0.5, 0.6) is 0 Å². The van der Waals surface area contributed by atoms with E-state index in [0.717, 1.165) is 31.1 Å². The molecule has 1 heterocycles. The van der Waals surface area contributed by atoms with E-state index in [1.165, 1.54) is 0 Å². The van der Waals surface area contributed by atoms with Crippen molar-refractivity contribution >= 4 is 0 Å². The topological polar surface area (TPSA) is 66.0 Å². The molecule has 0 aliphatic heterocycles. The van der Waals surface area contributed by atoms with Crippen LogP contribution < -0.4 is 5.73 Å². The molecule has 0 fully saturated rings. The van der Waals surface area contributed by atoms with Gasteiger partial charge in [-0.15, -0.1) is 0 Å². The third-order valence-corrected chi connectivity index (χ3v) is 2.10. The molecule has 0 amide bonds. The Bertz CT molecular complexity index is 284. The number of hydrogen-bond donors (Lipinski definition) is 1.